The molecule has 0 saturated carbocycles. The van der Waals surface area contributed by atoms with E-state index in [0.29, 0.717) is 6.04 Å². The molecule has 0 fully saturated rings. The molecule has 0 aromatic carbocycles. The Balaban J connectivity index is 2.65. The van der Waals surface area contributed by atoms with E-state index in [1.807, 2.05) is 23.0 Å². The molecule has 1 aliphatic rings. The van der Waals surface area contributed by atoms with E-state index in [1.54, 1.807) is 0 Å². The van der Waals surface area contributed by atoms with E-state index in [0.717, 1.165) is 12.1 Å². The third-order valence-corrected chi connectivity index (χ3v) is 1.37. The summed E-state index contributed by atoms with van der Waals surface area (Å²) < 4.78 is 9.36. The molecule has 0 radical (unpaired) electrons. The Morgan fingerprint density at radius 2 is 2.75 bits per heavy atom. The predicted molar refractivity (Wildman–Crippen MR) is 33.5 cm³/mol. The lowest BCUT2D eigenvalue weighted by molar-refractivity contribution is 1.09. The molecular formula is C7H7N. The van der Waals surface area contributed by atoms with Crippen LogP contribution in [0.3, 0.4) is 0 Å². The number of nitrogens with zero attached hydrogens (tertiary/aromatic N) is 1. The highest BCUT2D eigenvalue weighted by Crippen LogP contribution is 2.10. The number of hydrogen-bond donors (Lipinski definition) is 0. The van der Waals surface area contributed by atoms with Gasteiger partial charge >= 0.3 is 0 Å². The van der Waals surface area contributed by atoms with Gasteiger partial charge in [-0.15, -0.1) is 0 Å². The van der Waals surface area contributed by atoms with E-state index >= 15 is 0 Å². The minimum absolute atomic E-state index is 0.653. The lowest BCUT2D eigenvalue weighted by Crippen LogP contribution is -1.81. The second-order valence-electron chi connectivity index (χ2n) is 1.90. The Morgan fingerprint density at radius 3 is 3.62 bits per heavy atom. The monoisotopic (exact) mass is 106 g/mol. The molecule has 0 atom stereocenters. The molecule has 0 bridgehead atoms. The third kappa shape index (κ3) is 0.360. The Morgan fingerprint density at radius 1 is 1.75 bits per heavy atom. The predicted octanol–water partition coefficient (Wildman–Crippen LogP) is 1.51. The first-order valence-electron chi connectivity index (χ1n) is 3.21. The molecule has 0 unspecified atom stereocenters. The molecule has 1 aliphatic heterocycles. The van der Waals surface area contributed by atoms with Crippen LogP contribution in [0.1, 0.15) is 7.06 Å². The van der Waals surface area contributed by atoms with Crippen LogP contribution in [0.4, 0.5) is 0 Å². The molecule has 8 heavy (non-hydrogen) atoms. The first kappa shape index (κ1) is 3.13. The van der Waals surface area contributed by atoms with E-state index in [4.69, 9.17) is 1.37 Å². The largest absolute Gasteiger partial charge is 0.328 e. The molecule has 0 amide bonds. The van der Waals surface area contributed by atoms with Gasteiger partial charge in [-0.05, 0) is 12.1 Å². The van der Waals surface area contributed by atoms with Crippen molar-refractivity contribution in [2.24, 2.45) is 0 Å². The zero-order valence-electron chi connectivity index (χ0n) is 5.46. The highest BCUT2D eigenvalue weighted by Gasteiger charge is 1.99. The number of hydrogen-bond acceptors (Lipinski definition) is 0. The quantitative estimate of drug-likeness (QED) is 0.472. The van der Waals surface area contributed by atoms with Gasteiger partial charge in [0.2, 0.25) is 0 Å². The average molecular weight is 106 g/mol. The van der Waals surface area contributed by atoms with Gasteiger partial charge in [0, 0.05) is 24.5 Å². The molecule has 1 aromatic rings. The topological polar surface area (TPSA) is 4.93 Å². The molecule has 0 N–H and O–H groups in total. The molecule has 2 rings (SSSR count). The van der Waals surface area contributed by atoms with Gasteiger partial charge in [-0.3, -0.25) is 0 Å². The van der Waals surface area contributed by atoms with Crippen LogP contribution in [-0.4, -0.2) is 4.57 Å². The molecule has 0 spiro atoms. The Kier molecular flexibility index (Phi) is 0.488. The van der Waals surface area contributed by atoms with Crippen molar-refractivity contribution < 1.29 is 1.37 Å². The van der Waals surface area contributed by atoms with Crippen molar-refractivity contribution in [1.29, 1.82) is 0 Å². The first-order chi connectivity index (χ1) is 4.38. The van der Waals surface area contributed by atoms with Crippen LogP contribution in [0.15, 0.2) is 24.4 Å². The van der Waals surface area contributed by atoms with Crippen molar-refractivity contribution >= 4 is 6.20 Å². The summed E-state index contributed by atoms with van der Waals surface area (Å²) in [7, 11) is 0. The number of allylic oxidation sites excluding steroid dienone is 1. The van der Waals surface area contributed by atoms with Crippen LogP contribution < -0.4 is 0 Å². The summed E-state index contributed by atoms with van der Waals surface area (Å²) in [6, 6.07) is 2.47. The summed E-state index contributed by atoms with van der Waals surface area (Å²) in [6.07, 6.45) is 6.90. The van der Waals surface area contributed by atoms with E-state index in [1.165, 1.54) is 0 Å². The van der Waals surface area contributed by atoms with Crippen LogP contribution in [0.5, 0.6) is 0 Å². The molecule has 40 valence electrons. The van der Waals surface area contributed by atoms with Gasteiger partial charge in [0.15, 0.2) is 0 Å². The van der Waals surface area contributed by atoms with Crippen LogP contribution in [0.2, 0.25) is 0 Å². The highest BCUT2D eigenvalue weighted by atomic mass is 15.0. The smallest absolute Gasteiger partial charge is 0.0642 e. The molecule has 0 aliphatic carbocycles. The van der Waals surface area contributed by atoms with E-state index in [-0.39, 0.29) is 0 Å². The van der Waals surface area contributed by atoms with Crippen LogP contribution in [0.25, 0.3) is 6.20 Å². The minimum Gasteiger partial charge on any atom is -0.328 e. The lowest BCUT2D eigenvalue weighted by atomic mass is 10.3. The second kappa shape index (κ2) is 1.25. The van der Waals surface area contributed by atoms with Gasteiger partial charge in [0.1, 0.15) is 0 Å². The summed E-state index contributed by atoms with van der Waals surface area (Å²) in [5.41, 5.74) is 1.11. The van der Waals surface area contributed by atoms with Gasteiger partial charge < -0.3 is 4.57 Å². The zero-order chi connectivity index (χ0) is 6.27. The average Bonchev–Trinajstić information content (AvgIpc) is 2.35. The van der Waals surface area contributed by atoms with Crippen molar-refractivity contribution in [1.82, 2.24) is 4.57 Å². The maximum Gasteiger partial charge on any atom is 0.0642 e. The fraction of sp³-hybridized carbons (Fsp3) is 0.143. The molecule has 0 saturated heterocycles. The second-order valence-corrected chi connectivity index (χ2v) is 1.90. The molecular weight excluding hydrogens is 98.1 g/mol. The fourth-order valence-electron chi connectivity index (χ4n) is 0.960. The number of fused-ring (bicyclic) bond motifs is 1. The molecule has 1 nitrogen and oxygen atoms in total. The van der Waals surface area contributed by atoms with Crippen LogP contribution in [-0.2, 0) is 6.42 Å². The standard InChI is InChI=1S/C7H7N/c1-3-7-4-2-6-8(7)5-1/h1-3,5-6H,4H2/i3D. The lowest BCUT2D eigenvalue weighted by Gasteiger charge is -1.88. The van der Waals surface area contributed by atoms with Gasteiger partial charge in [-0.1, -0.05) is 6.08 Å². The minimum atomic E-state index is 0.653. The first-order valence-corrected chi connectivity index (χ1v) is 2.71. The summed E-state index contributed by atoms with van der Waals surface area (Å²) in [5.74, 6) is 0. The van der Waals surface area contributed by atoms with Crippen molar-refractivity contribution in [2.75, 3.05) is 0 Å². The molecule has 1 aromatic heterocycles. The number of aromatic nitrogens is 1. The summed E-state index contributed by atoms with van der Waals surface area (Å²) in [5, 5.41) is 0. The highest BCUT2D eigenvalue weighted by molar-refractivity contribution is 5.36. The third-order valence-electron chi connectivity index (χ3n) is 1.37. The zero-order valence-corrected chi connectivity index (χ0v) is 4.46. The van der Waals surface area contributed by atoms with Crippen LogP contribution in [0, 0.1) is 0 Å². The van der Waals surface area contributed by atoms with E-state index < -0.39 is 0 Å². The maximum absolute atomic E-state index is 7.37. The summed E-state index contributed by atoms with van der Waals surface area (Å²) in [4.78, 5) is 0. The van der Waals surface area contributed by atoms with Crippen molar-refractivity contribution in [3.63, 3.8) is 0 Å². The summed E-state index contributed by atoms with van der Waals surface area (Å²) in [6.45, 7) is 0. The van der Waals surface area contributed by atoms with Crippen LogP contribution >= 0.6 is 0 Å². The van der Waals surface area contributed by atoms with Crippen molar-refractivity contribution in [3.8, 4) is 0 Å². The SMILES string of the molecule is [2H]c1ccn2c1CC=C2. The maximum atomic E-state index is 7.37. The Bertz CT molecular complexity index is 260. The Labute approximate surface area is 49.7 Å². The van der Waals surface area contributed by atoms with Gasteiger partial charge in [0.05, 0.1) is 1.37 Å². The van der Waals surface area contributed by atoms with E-state index in [9.17, 15) is 0 Å². The van der Waals surface area contributed by atoms with Crippen molar-refractivity contribution in [3.05, 3.63) is 30.1 Å². The molecule has 2 heterocycles. The van der Waals surface area contributed by atoms with Gasteiger partial charge in [0.25, 0.3) is 0 Å². The number of rotatable bonds is 0. The molecule has 1 heteroatoms. The normalized spacial score (nSPS) is 16.2. The van der Waals surface area contributed by atoms with Crippen molar-refractivity contribution in [2.45, 2.75) is 6.42 Å². The Hall–Kier alpha value is -0.980. The van der Waals surface area contributed by atoms with Gasteiger partial charge in [-0.2, -0.15) is 0 Å². The summed E-state index contributed by atoms with van der Waals surface area (Å²) >= 11 is 0. The van der Waals surface area contributed by atoms with Gasteiger partial charge in [-0.25, -0.2) is 0 Å². The fourth-order valence-corrected chi connectivity index (χ4v) is 0.960. The van der Waals surface area contributed by atoms with E-state index in [2.05, 4.69) is 6.08 Å².